The second-order valence-corrected chi connectivity index (χ2v) is 5.84. The lowest BCUT2D eigenvalue weighted by molar-refractivity contribution is 0.0516. The van der Waals surface area contributed by atoms with E-state index in [1.165, 1.54) is 0 Å². The van der Waals surface area contributed by atoms with Crippen molar-refractivity contribution in [1.82, 2.24) is 9.55 Å². The minimum atomic E-state index is 0.361. The molecule has 21 heavy (non-hydrogen) atoms. The molecule has 1 aromatic heterocycles. The molecule has 4 nitrogen and oxygen atoms in total. The molecule has 1 fully saturated rings. The second-order valence-electron chi connectivity index (χ2n) is 5.58. The number of nitrogens with zero attached hydrogens (tertiary/aromatic N) is 2. The molecule has 1 aromatic carbocycles. The normalized spacial score (nSPS) is 18.0. The van der Waals surface area contributed by atoms with Crippen LogP contribution in [0.25, 0.3) is 11.0 Å². The summed E-state index contributed by atoms with van der Waals surface area (Å²) in [5.74, 6) is 2.80. The predicted molar refractivity (Wildman–Crippen MR) is 84.1 cm³/mol. The van der Waals surface area contributed by atoms with Crippen LogP contribution in [0.2, 0.25) is 0 Å². The third kappa shape index (κ3) is 2.74. The monoisotopic (exact) mass is 308 g/mol. The van der Waals surface area contributed by atoms with Gasteiger partial charge in [-0.1, -0.05) is 0 Å². The van der Waals surface area contributed by atoms with Crippen LogP contribution in [0.4, 0.5) is 0 Å². The third-order valence-corrected chi connectivity index (χ3v) is 4.68. The molecule has 1 unspecified atom stereocenters. The molecular formula is C16H21ClN2O2. The zero-order valence-electron chi connectivity index (χ0n) is 12.5. The molecule has 5 heteroatoms. The van der Waals surface area contributed by atoms with Crippen LogP contribution < -0.4 is 4.74 Å². The second kappa shape index (κ2) is 6.24. The van der Waals surface area contributed by atoms with Gasteiger partial charge in [0.15, 0.2) is 0 Å². The van der Waals surface area contributed by atoms with Gasteiger partial charge in [-0.3, -0.25) is 0 Å². The lowest BCUT2D eigenvalue weighted by Crippen LogP contribution is -2.25. The molecule has 114 valence electrons. The number of methoxy groups -OCH3 is 1. The van der Waals surface area contributed by atoms with E-state index < -0.39 is 0 Å². The maximum Gasteiger partial charge on any atom is 0.125 e. The van der Waals surface area contributed by atoms with Crippen molar-refractivity contribution in [2.24, 2.45) is 5.92 Å². The van der Waals surface area contributed by atoms with E-state index in [0.29, 0.717) is 17.8 Å². The fraction of sp³-hybridized carbons (Fsp3) is 0.562. The largest absolute Gasteiger partial charge is 0.497 e. The van der Waals surface area contributed by atoms with E-state index in [2.05, 4.69) is 16.5 Å². The summed E-state index contributed by atoms with van der Waals surface area (Å²) in [6.07, 6.45) is 2.18. The summed E-state index contributed by atoms with van der Waals surface area (Å²) in [5, 5.41) is 0. The highest BCUT2D eigenvalue weighted by molar-refractivity contribution is 6.16. The maximum atomic E-state index is 6.12. The Kier molecular flexibility index (Phi) is 4.36. The average molecular weight is 309 g/mol. The summed E-state index contributed by atoms with van der Waals surface area (Å²) >= 11 is 6.12. The Labute approximate surface area is 130 Å². The molecule has 3 rings (SSSR count). The van der Waals surface area contributed by atoms with E-state index >= 15 is 0 Å². The fourth-order valence-electron chi connectivity index (χ4n) is 3.21. The van der Waals surface area contributed by atoms with E-state index in [0.717, 1.165) is 48.7 Å². The topological polar surface area (TPSA) is 36.3 Å². The molecule has 1 saturated heterocycles. The highest BCUT2D eigenvalue weighted by atomic mass is 35.5. The van der Waals surface area contributed by atoms with Crippen molar-refractivity contribution in [1.29, 1.82) is 0 Å². The SMILES string of the molecule is COc1ccc2nc(CCl)n(C(C)C3CCOCC3)c2c1. The van der Waals surface area contributed by atoms with Crippen LogP contribution in [0.5, 0.6) is 5.75 Å². The Morgan fingerprint density at radius 3 is 2.86 bits per heavy atom. The molecule has 0 radical (unpaired) electrons. The first-order valence-corrected chi connectivity index (χ1v) is 7.96. The predicted octanol–water partition coefficient (Wildman–Crippen LogP) is 3.77. The van der Waals surface area contributed by atoms with Crippen LogP contribution in [0, 0.1) is 5.92 Å². The molecule has 0 saturated carbocycles. The van der Waals surface area contributed by atoms with Gasteiger partial charge in [0.25, 0.3) is 0 Å². The van der Waals surface area contributed by atoms with Gasteiger partial charge in [0.1, 0.15) is 11.6 Å². The number of aromatic nitrogens is 2. The Morgan fingerprint density at radius 1 is 1.43 bits per heavy atom. The minimum Gasteiger partial charge on any atom is -0.497 e. The molecule has 0 amide bonds. The number of rotatable bonds is 4. The molecule has 0 bridgehead atoms. The lowest BCUT2D eigenvalue weighted by Gasteiger charge is -2.30. The standard InChI is InChI=1S/C16H21ClN2O2/c1-11(12-5-7-21-8-6-12)19-15-9-13(20-2)3-4-14(15)18-16(19)10-17/h3-4,9,11-12H,5-8,10H2,1-2H3. The van der Waals surface area contributed by atoms with Crippen molar-refractivity contribution in [3.63, 3.8) is 0 Å². The number of alkyl halides is 1. The molecule has 2 heterocycles. The fourth-order valence-corrected chi connectivity index (χ4v) is 3.40. The van der Waals surface area contributed by atoms with Crippen molar-refractivity contribution in [3.8, 4) is 5.75 Å². The van der Waals surface area contributed by atoms with Gasteiger partial charge in [0, 0.05) is 25.3 Å². The van der Waals surface area contributed by atoms with Crippen LogP contribution in [-0.2, 0) is 10.6 Å². The highest BCUT2D eigenvalue weighted by Gasteiger charge is 2.25. The van der Waals surface area contributed by atoms with Gasteiger partial charge in [-0.2, -0.15) is 0 Å². The first kappa shape index (κ1) is 14.7. The van der Waals surface area contributed by atoms with E-state index in [1.54, 1.807) is 7.11 Å². The average Bonchev–Trinajstić information content (AvgIpc) is 2.92. The van der Waals surface area contributed by atoms with Gasteiger partial charge in [-0.15, -0.1) is 11.6 Å². The number of halogens is 1. The van der Waals surface area contributed by atoms with Crippen molar-refractivity contribution in [3.05, 3.63) is 24.0 Å². The smallest absolute Gasteiger partial charge is 0.125 e. The summed E-state index contributed by atoms with van der Waals surface area (Å²) in [5.41, 5.74) is 2.08. The summed E-state index contributed by atoms with van der Waals surface area (Å²) < 4.78 is 13.1. The van der Waals surface area contributed by atoms with E-state index in [9.17, 15) is 0 Å². The Balaban J connectivity index is 2.05. The summed E-state index contributed by atoms with van der Waals surface area (Å²) in [7, 11) is 1.69. The number of ether oxygens (including phenoxy) is 2. The highest BCUT2D eigenvalue weighted by Crippen LogP contribution is 2.33. The van der Waals surface area contributed by atoms with E-state index in [-0.39, 0.29) is 0 Å². The van der Waals surface area contributed by atoms with Crippen molar-refractivity contribution in [2.45, 2.75) is 31.7 Å². The van der Waals surface area contributed by atoms with Crippen LogP contribution in [0.1, 0.15) is 31.6 Å². The Morgan fingerprint density at radius 2 is 2.19 bits per heavy atom. The Bertz CT molecular complexity index is 620. The molecule has 1 aliphatic rings. The maximum absolute atomic E-state index is 6.12. The van der Waals surface area contributed by atoms with Gasteiger partial charge >= 0.3 is 0 Å². The van der Waals surface area contributed by atoms with Gasteiger partial charge in [-0.25, -0.2) is 4.98 Å². The quantitative estimate of drug-likeness (QED) is 0.807. The van der Waals surface area contributed by atoms with Gasteiger partial charge in [0.05, 0.1) is 24.0 Å². The zero-order chi connectivity index (χ0) is 14.8. The van der Waals surface area contributed by atoms with E-state index in [4.69, 9.17) is 21.1 Å². The minimum absolute atomic E-state index is 0.361. The molecule has 0 aliphatic carbocycles. The lowest BCUT2D eigenvalue weighted by atomic mass is 9.92. The van der Waals surface area contributed by atoms with Crippen molar-refractivity contribution >= 4 is 22.6 Å². The van der Waals surface area contributed by atoms with Crippen molar-refractivity contribution < 1.29 is 9.47 Å². The first-order chi connectivity index (χ1) is 10.2. The molecule has 1 atom stereocenters. The number of imidazole rings is 1. The van der Waals surface area contributed by atoms with Crippen LogP contribution in [0.15, 0.2) is 18.2 Å². The molecule has 0 N–H and O–H groups in total. The molecule has 0 spiro atoms. The third-order valence-electron chi connectivity index (χ3n) is 4.44. The Hall–Kier alpha value is -1.26. The van der Waals surface area contributed by atoms with Gasteiger partial charge < -0.3 is 14.0 Å². The molecular weight excluding hydrogens is 288 g/mol. The zero-order valence-corrected chi connectivity index (χ0v) is 13.3. The number of benzene rings is 1. The van der Waals surface area contributed by atoms with E-state index in [1.807, 2.05) is 18.2 Å². The summed E-state index contributed by atoms with van der Waals surface area (Å²) in [6.45, 7) is 3.95. The van der Waals surface area contributed by atoms with Crippen molar-refractivity contribution in [2.75, 3.05) is 20.3 Å². The number of hydrogen-bond acceptors (Lipinski definition) is 3. The van der Waals surface area contributed by atoms with Gasteiger partial charge in [0.2, 0.25) is 0 Å². The number of fused-ring (bicyclic) bond motifs is 1. The molecule has 1 aliphatic heterocycles. The summed E-state index contributed by atoms with van der Waals surface area (Å²) in [6, 6.07) is 6.35. The van der Waals surface area contributed by atoms with Crippen LogP contribution in [0.3, 0.4) is 0 Å². The van der Waals surface area contributed by atoms with Crippen LogP contribution in [-0.4, -0.2) is 29.9 Å². The summed E-state index contributed by atoms with van der Waals surface area (Å²) in [4.78, 5) is 4.67. The molecule has 2 aromatic rings. The number of hydrogen-bond donors (Lipinski definition) is 0. The van der Waals surface area contributed by atoms with Crippen LogP contribution >= 0.6 is 11.6 Å². The van der Waals surface area contributed by atoms with Gasteiger partial charge in [-0.05, 0) is 37.8 Å². The first-order valence-electron chi connectivity index (χ1n) is 7.43.